The first-order valence-electron chi connectivity index (χ1n) is 5.04. The van der Waals surface area contributed by atoms with Crippen LogP contribution in [-0.2, 0) is 11.2 Å². The third-order valence-electron chi connectivity index (χ3n) is 1.96. The van der Waals surface area contributed by atoms with Crippen molar-refractivity contribution in [2.75, 3.05) is 6.54 Å². The minimum Gasteiger partial charge on any atom is -0.354 e. The SMILES string of the molecule is CC(C)(N)CNC(=O)CCc1ccsc1. The van der Waals surface area contributed by atoms with Crippen LogP contribution < -0.4 is 11.1 Å². The molecule has 0 saturated heterocycles. The van der Waals surface area contributed by atoms with E-state index in [0.717, 1.165) is 6.42 Å². The Morgan fingerprint density at radius 3 is 2.87 bits per heavy atom. The molecule has 0 unspecified atom stereocenters. The molecule has 0 spiro atoms. The summed E-state index contributed by atoms with van der Waals surface area (Å²) in [4.78, 5) is 11.4. The van der Waals surface area contributed by atoms with Crippen LogP contribution in [0.3, 0.4) is 0 Å². The van der Waals surface area contributed by atoms with Crippen molar-refractivity contribution in [3.63, 3.8) is 0 Å². The zero-order chi connectivity index (χ0) is 11.3. The monoisotopic (exact) mass is 226 g/mol. The number of hydrogen-bond acceptors (Lipinski definition) is 3. The van der Waals surface area contributed by atoms with E-state index in [2.05, 4.69) is 10.7 Å². The van der Waals surface area contributed by atoms with Gasteiger partial charge in [-0.15, -0.1) is 0 Å². The standard InChI is InChI=1S/C11H18N2OS/c1-11(2,12)8-13-10(14)4-3-9-5-6-15-7-9/h5-7H,3-4,8,12H2,1-2H3,(H,13,14). The number of carbonyl (C=O) groups is 1. The van der Waals surface area contributed by atoms with Crippen molar-refractivity contribution in [1.29, 1.82) is 0 Å². The summed E-state index contributed by atoms with van der Waals surface area (Å²) in [5.41, 5.74) is 6.65. The van der Waals surface area contributed by atoms with Crippen molar-refractivity contribution in [3.05, 3.63) is 22.4 Å². The fourth-order valence-corrected chi connectivity index (χ4v) is 1.81. The molecule has 0 aromatic carbocycles. The highest BCUT2D eigenvalue weighted by atomic mass is 32.1. The molecule has 0 atom stereocenters. The van der Waals surface area contributed by atoms with Crippen molar-refractivity contribution in [2.24, 2.45) is 5.73 Å². The molecule has 0 aliphatic rings. The van der Waals surface area contributed by atoms with Crippen LogP contribution in [0.1, 0.15) is 25.8 Å². The predicted octanol–water partition coefficient (Wildman–Crippen LogP) is 1.53. The minimum absolute atomic E-state index is 0.0692. The fraction of sp³-hybridized carbons (Fsp3) is 0.545. The molecule has 0 bridgehead atoms. The number of rotatable bonds is 5. The van der Waals surface area contributed by atoms with Crippen LogP contribution in [0.4, 0.5) is 0 Å². The zero-order valence-corrected chi connectivity index (χ0v) is 10.1. The molecule has 1 aromatic heterocycles. The Labute approximate surface area is 94.7 Å². The lowest BCUT2D eigenvalue weighted by molar-refractivity contribution is -0.121. The molecule has 4 heteroatoms. The molecule has 1 rings (SSSR count). The predicted molar refractivity (Wildman–Crippen MR) is 63.9 cm³/mol. The third kappa shape index (κ3) is 5.54. The molecule has 3 nitrogen and oxygen atoms in total. The molecule has 0 aliphatic heterocycles. The lowest BCUT2D eigenvalue weighted by atomic mass is 10.1. The summed E-state index contributed by atoms with van der Waals surface area (Å²) < 4.78 is 0. The van der Waals surface area contributed by atoms with Crippen molar-refractivity contribution in [3.8, 4) is 0 Å². The number of aryl methyl sites for hydroxylation is 1. The third-order valence-corrected chi connectivity index (χ3v) is 2.69. The molecule has 0 fully saturated rings. The summed E-state index contributed by atoms with van der Waals surface area (Å²) in [7, 11) is 0. The Morgan fingerprint density at radius 2 is 2.33 bits per heavy atom. The molecule has 15 heavy (non-hydrogen) atoms. The summed E-state index contributed by atoms with van der Waals surface area (Å²) in [5, 5.41) is 6.92. The maximum Gasteiger partial charge on any atom is 0.220 e. The number of nitrogens with two attached hydrogens (primary N) is 1. The Bertz CT molecular complexity index is 301. The van der Waals surface area contributed by atoms with Gasteiger partial charge in [0.2, 0.25) is 5.91 Å². The quantitative estimate of drug-likeness (QED) is 0.800. The van der Waals surface area contributed by atoms with Crippen molar-refractivity contribution in [2.45, 2.75) is 32.2 Å². The van der Waals surface area contributed by atoms with Crippen LogP contribution >= 0.6 is 11.3 Å². The van der Waals surface area contributed by atoms with E-state index in [-0.39, 0.29) is 11.4 Å². The minimum atomic E-state index is -0.335. The average molecular weight is 226 g/mol. The highest BCUT2D eigenvalue weighted by molar-refractivity contribution is 7.07. The second kappa shape index (κ2) is 5.28. The number of nitrogens with one attached hydrogen (secondary N) is 1. The molecule has 1 heterocycles. The molecule has 0 saturated carbocycles. The van der Waals surface area contributed by atoms with Gasteiger partial charge in [-0.25, -0.2) is 0 Å². The normalized spacial score (nSPS) is 11.4. The van der Waals surface area contributed by atoms with E-state index in [1.165, 1.54) is 5.56 Å². The lowest BCUT2D eigenvalue weighted by Crippen LogP contribution is -2.45. The van der Waals surface area contributed by atoms with Gasteiger partial charge < -0.3 is 11.1 Å². The largest absolute Gasteiger partial charge is 0.354 e. The first kappa shape index (κ1) is 12.2. The molecule has 1 amide bonds. The summed E-state index contributed by atoms with van der Waals surface area (Å²) in [6, 6.07) is 2.05. The van der Waals surface area contributed by atoms with E-state index in [1.807, 2.05) is 25.3 Å². The van der Waals surface area contributed by atoms with Gasteiger partial charge in [0, 0.05) is 18.5 Å². The lowest BCUT2D eigenvalue weighted by Gasteiger charge is -2.18. The Kier molecular flexibility index (Phi) is 4.29. The maximum absolute atomic E-state index is 11.4. The van der Waals surface area contributed by atoms with E-state index in [0.29, 0.717) is 13.0 Å². The Morgan fingerprint density at radius 1 is 1.60 bits per heavy atom. The second-order valence-corrected chi connectivity index (χ2v) is 5.18. The average Bonchev–Trinajstić information content (AvgIpc) is 2.62. The highest BCUT2D eigenvalue weighted by Gasteiger charge is 2.11. The molecule has 1 aromatic rings. The molecular formula is C11H18N2OS. The topological polar surface area (TPSA) is 55.1 Å². The number of hydrogen-bond donors (Lipinski definition) is 2. The van der Waals surface area contributed by atoms with Crippen molar-refractivity contribution >= 4 is 17.2 Å². The van der Waals surface area contributed by atoms with Crippen LogP contribution in [-0.4, -0.2) is 18.0 Å². The van der Waals surface area contributed by atoms with Crippen molar-refractivity contribution in [1.82, 2.24) is 5.32 Å². The Balaban J connectivity index is 2.20. The van der Waals surface area contributed by atoms with Crippen LogP contribution in [0.25, 0.3) is 0 Å². The Hall–Kier alpha value is -0.870. The molecule has 0 aliphatic carbocycles. The first-order valence-corrected chi connectivity index (χ1v) is 5.98. The maximum atomic E-state index is 11.4. The van der Waals surface area contributed by atoms with Crippen LogP contribution in [0.2, 0.25) is 0 Å². The molecular weight excluding hydrogens is 208 g/mol. The number of amides is 1. The summed E-state index contributed by atoms with van der Waals surface area (Å²) in [6.07, 6.45) is 1.34. The molecule has 0 radical (unpaired) electrons. The van der Waals surface area contributed by atoms with Crippen molar-refractivity contribution < 1.29 is 4.79 Å². The van der Waals surface area contributed by atoms with E-state index in [1.54, 1.807) is 11.3 Å². The van der Waals surface area contributed by atoms with Crippen LogP contribution in [0.5, 0.6) is 0 Å². The van der Waals surface area contributed by atoms with Gasteiger partial charge in [-0.2, -0.15) is 11.3 Å². The highest BCUT2D eigenvalue weighted by Crippen LogP contribution is 2.08. The van der Waals surface area contributed by atoms with Crippen LogP contribution in [0, 0.1) is 0 Å². The van der Waals surface area contributed by atoms with E-state index in [4.69, 9.17) is 5.73 Å². The van der Waals surface area contributed by atoms with Gasteiger partial charge in [-0.3, -0.25) is 4.79 Å². The zero-order valence-electron chi connectivity index (χ0n) is 9.25. The second-order valence-electron chi connectivity index (χ2n) is 4.40. The molecule has 84 valence electrons. The van der Waals surface area contributed by atoms with Gasteiger partial charge in [0.05, 0.1) is 0 Å². The van der Waals surface area contributed by atoms with Gasteiger partial charge >= 0.3 is 0 Å². The fourth-order valence-electron chi connectivity index (χ4n) is 1.11. The van der Waals surface area contributed by atoms with E-state index in [9.17, 15) is 4.79 Å². The summed E-state index contributed by atoms with van der Waals surface area (Å²) >= 11 is 1.66. The number of carbonyl (C=O) groups excluding carboxylic acids is 1. The van der Waals surface area contributed by atoms with E-state index >= 15 is 0 Å². The smallest absolute Gasteiger partial charge is 0.220 e. The molecule has 3 N–H and O–H groups in total. The van der Waals surface area contributed by atoms with Gasteiger partial charge in [-0.1, -0.05) is 0 Å². The van der Waals surface area contributed by atoms with Gasteiger partial charge in [-0.05, 0) is 42.7 Å². The summed E-state index contributed by atoms with van der Waals surface area (Å²) in [6.45, 7) is 4.31. The van der Waals surface area contributed by atoms with E-state index < -0.39 is 0 Å². The van der Waals surface area contributed by atoms with Gasteiger partial charge in [0.25, 0.3) is 0 Å². The summed E-state index contributed by atoms with van der Waals surface area (Å²) in [5.74, 6) is 0.0692. The number of thiophene rings is 1. The van der Waals surface area contributed by atoms with Crippen LogP contribution in [0.15, 0.2) is 16.8 Å². The first-order chi connectivity index (χ1) is 6.97. The van der Waals surface area contributed by atoms with Gasteiger partial charge in [0.15, 0.2) is 0 Å². The van der Waals surface area contributed by atoms with Gasteiger partial charge in [0.1, 0.15) is 0 Å².